The van der Waals surface area contributed by atoms with E-state index in [1.165, 1.54) is 36.4 Å². The van der Waals surface area contributed by atoms with E-state index in [0.717, 1.165) is 39.0 Å². The van der Waals surface area contributed by atoms with E-state index in [4.69, 9.17) is 39.5 Å². The third kappa shape index (κ3) is 10.2. The Bertz CT molecular complexity index is 2310. The number of phenols is 2. The second kappa shape index (κ2) is 19.6. The third-order valence-corrected chi connectivity index (χ3v) is 12.2. The van der Waals surface area contributed by atoms with Crippen LogP contribution in [0.2, 0.25) is 15.1 Å². The van der Waals surface area contributed by atoms with Gasteiger partial charge in [-0.1, -0.05) is 59.1 Å². The molecule has 2 unspecified atom stereocenters. The van der Waals surface area contributed by atoms with Gasteiger partial charge in [-0.2, -0.15) is 0 Å². The summed E-state index contributed by atoms with van der Waals surface area (Å²) in [7, 11) is 0. The molecule has 8 rings (SSSR count). The number of hydrogen-bond donors (Lipinski definition) is 6. The first-order chi connectivity index (χ1) is 29.4. The van der Waals surface area contributed by atoms with Crippen LogP contribution in [-0.4, -0.2) is 131 Å². The van der Waals surface area contributed by atoms with Crippen LogP contribution < -0.4 is 21.3 Å². The van der Waals surface area contributed by atoms with Crippen LogP contribution in [0.25, 0.3) is 0 Å². The SMILES string of the molecule is O=C(Nc1cccc(C(=O)N2CCN3CCCC3C2)c1O)Nc1cccc(Cl)c1Cl.O=C(Nc1cccc(C(=O)N2CCN3CCOCC3C2)c1O)Nc1cccc(F)c1Cl. The number of rotatable bonds is 6. The monoisotopic (exact) mass is 896 g/mol. The number of fused-ring (bicyclic) bond motifs is 2. The molecule has 4 aromatic rings. The highest BCUT2D eigenvalue weighted by Crippen LogP contribution is 2.33. The van der Waals surface area contributed by atoms with Gasteiger partial charge < -0.3 is 46.0 Å². The summed E-state index contributed by atoms with van der Waals surface area (Å²) >= 11 is 17.9. The summed E-state index contributed by atoms with van der Waals surface area (Å²) < 4.78 is 19.1. The Hall–Kier alpha value is -5.36. The van der Waals surface area contributed by atoms with Crippen LogP contribution in [-0.2, 0) is 4.74 Å². The predicted molar refractivity (Wildman–Crippen MR) is 232 cm³/mol. The number of carbonyl (C=O) groups excluding carboxylic acids is 4. The molecule has 6 N–H and O–H groups in total. The molecular weight excluding hydrogens is 854 g/mol. The number of piperazine rings is 2. The highest BCUT2D eigenvalue weighted by atomic mass is 35.5. The van der Waals surface area contributed by atoms with E-state index in [9.17, 15) is 33.8 Å². The van der Waals surface area contributed by atoms with Crippen LogP contribution in [0.4, 0.5) is 36.7 Å². The van der Waals surface area contributed by atoms with Gasteiger partial charge in [0.25, 0.3) is 11.8 Å². The molecule has 6 amide bonds. The number of ether oxygens (including phenoxy) is 1. The van der Waals surface area contributed by atoms with Crippen molar-refractivity contribution in [2.75, 3.05) is 86.8 Å². The van der Waals surface area contributed by atoms with Gasteiger partial charge in [-0.05, 0) is 67.9 Å². The third-order valence-electron chi connectivity index (χ3n) is 11.0. The van der Waals surface area contributed by atoms with Crippen molar-refractivity contribution >= 4 is 81.4 Å². The standard InChI is InChI=1S/C21H22Cl2N4O3.C21H22ClFN4O4/c22-15-6-2-7-16(18(15)23)24-21(30)25-17-8-1-5-14(19(17)28)20(29)27-11-10-26-9-3-4-13(26)12-27;22-18-15(23)4-2-5-16(18)24-21(30)25-17-6-1-3-14(19(17)28)20(29)27-8-7-26-9-10-31-12-13(26)11-27/h1-2,5-8,13,28H,3-4,9-12H2,(H2,24,25,30);1-6,13,28H,7-12H2,(H2,24,25,30). The summed E-state index contributed by atoms with van der Waals surface area (Å²) in [5.41, 5.74) is 0.861. The second-order valence-corrected chi connectivity index (χ2v) is 16.0. The summed E-state index contributed by atoms with van der Waals surface area (Å²) in [6.45, 7) is 7.13. The maximum atomic E-state index is 13.5. The Morgan fingerprint density at radius 2 is 1.10 bits per heavy atom. The second-order valence-electron chi connectivity index (χ2n) is 14.9. The maximum absolute atomic E-state index is 13.5. The molecule has 0 bridgehead atoms. The Morgan fingerprint density at radius 1 is 0.607 bits per heavy atom. The number of phenolic OH excluding ortho intramolecular Hbond substituents is 2. The molecule has 4 aliphatic rings. The van der Waals surface area contributed by atoms with Crippen molar-refractivity contribution in [2.24, 2.45) is 0 Å². The highest BCUT2D eigenvalue weighted by molar-refractivity contribution is 6.44. The molecule has 4 aromatic carbocycles. The number of hydrogen-bond acceptors (Lipinski definition) is 9. The molecule has 4 saturated heterocycles. The molecule has 15 nitrogen and oxygen atoms in total. The van der Waals surface area contributed by atoms with E-state index in [1.807, 2.05) is 0 Å². The van der Waals surface area contributed by atoms with Gasteiger partial charge in [-0.3, -0.25) is 19.4 Å². The van der Waals surface area contributed by atoms with Gasteiger partial charge in [-0.15, -0.1) is 0 Å². The molecule has 0 spiro atoms. The topological polar surface area (TPSA) is 179 Å². The Morgan fingerprint density at radius 3 is 1.70 bits per heavy atom. The van der Waals surface area contributed by atoms with Gasteiger partial charge in [-0.25, -0.2) is 14.0 Å². The van der Waals surface area contributed by atoms with Gasteiger partial charge in [0.2, 0.25) is 0 Å². The van der Waals surface area contributed by atoms with E-state index in [2.05, 4.69) is 31.1 Å². The average molecular weight is 898 g/mol. The fraction of sp³-hybridized carbons (Fsp3) is 0.333. The van der Waals surface area contributed by atoms with Crippen LogP contribution in [0, 0.1) is 5.82 Å². The molecule has 4 fully saturated rings. The van der Waals surface area contributed by atoms with E-state index in [-0.39, 0.29) is 67.6 Å². The number of carbonyl (C=O) groups is 4. The lowest BCUT2D eigenvalue weighted by Crippen LogP contribution is -2.59. The number of benzene rings is 4. The lowest BCUT2D eigenvalue weighted by atomic mass is 10.1. The number of amides is 6. The zero-order valence-corrected chi connectivity index (χ0v) is 35.1. The van der Waals surface area contributed by atoms with Crippen molar-refractivity contribution in [3.8, 4) is 11.5 Å². The number of nitrogens with zero attached hydrogens (tertiary/aromatic N) is 4. The van der Waals surface area contributed by atoms with E-state index < -0.39 is 17.9 Å². The fourth-order valence-electron chi connectivity index (χ4n) is 7.83. The number of urea groups is 2. The summed E-state index contributed by atoms with van der Waals surface area (Å²) in [6, 6.07) is 17.3. The van der Waals surface area contributed by atoms with Crippen molar-refractivity contribution in [3.63, 3.8) is 0 Å². The van der Waals surface area contributed by atoms with Crippen molar-refractivity contribution in [2.45, 2.75) is 24.9 Å². The molecule has 322 valence electrons. The minimum absolute atomic E-state index is 0.0514. The van der Waals surface area contributed by atoms with E-state index in [0.29, 0.717) is 56.1 Å². The molecule has 4 heterocycles. The molecule has 0 aromatic heterocycles. The minimum atomic E-state index is -0.736. The lowest BCUT2D eigenvalue weighted by molar-refractivity contribution is -0.0395. The summed E-state index contributed by atoms with van der Waals surface area (Å²) in [6.07, 6.45) is 2.24. The summed E-state index contributed by atoms with van der Waals surface area (Å²) in [5.74, 6) is -1.82. The van der Waals surface area contributed by atoms with E-state index in [1.54, 1.807) is 46.2 Å². The van der Waals surface area contributed by atoms with E-state index >= 15 is 0 Å². The molecule has 0 saturated carbocycles. The molecule has 4 aliphatic heterocycles. The number of nitrogens with one attached hydrogen (secondary N) is 4. The van der Waals surface area contributed by atoms with Gasteiger partial charge in [0.15, 0.2) is 11.5 Å². The van der Waals surface area contributed by atoms with Crippen LogP contribution in [0.15, 0.2) is 72.8 Å². The Kier molecular flexibility index (Phi) is 14.0. The quantitative estimate of drug-likeness (QED) is 0.109. The highest BCUT2D eigenvalue weighted by Gasteiger charge is 2.35. The molecule has 19 heteroatoms. The smallest absolute Gasteiger partial charge is 0.323 e. The number of para-hydroxylation sites is 2. The van der Waals surface area contributed by atoms with Gasteiger partial charge >= 0.3 is 12.1 Å². The minimum Gasteiger partial charge on any atom is -0.505 e. The molecule has 0 aliphatic carbocycles. The molecule has 61 heavy (non-hydrogen) atoms. The zero-order chi connectivity index (χ0) is 43.2. The summed E-state index contributed by atoms with van der Waals surface area (Å²) in [5, 5.41) is 31.6. The van der Waals surface area contributed by atoms with Crippen molar-refractivity contribution in [1.29, 1.82) is 0 Å². The van der Waals surface area contributed by atoms with Crippen molar-refractivity contribution < 1.29 is 38.5 Å². The number of halogens is 4. The van der Waals surface area contributed by atoms with Gasteiger partial charge in [0.1, 0.15) is 5.82 Å². The fourth-order valence-corrected chi connectivity index (χ4v) is 8.35. The first kappa shape index (κ1) is 43.7. The Labute approximate surface area is 366 Å². The molecule has 2 atom stereocenters. The first-order valence-electron chi connectivity index (χ1n) is 19.7. The van der Waals surface area contributed by atoms with Gasteiger partial charge in [0.05, 0.1) is 68.2 Å². The van der Waals surface area contributed by atoms with Crippen LogP contribution in [0.5, 0.6) is 11.5 Å². The number of anilines is 4. The van der Waals surface area contributed by atoms with Crippen LogP contribution >= 0.6 is 34.8 Å². The first-order valence-corrected chi connectivity index (χ1v) is 20.8. The van der Waals surface area contributed by atoms with Crippen LogP contribution in [0.3, 0.4) is 0 Å². The van der Waals surface area contributed by atoms with Crippen molar-refractivity contribution in [3.05, 3.63) is 105 Å². The van der Waals surface area contributed by atoms with Gasteiger partial charge in [0, 0.05) is 51.9 Å². The number of aromatic hydroxyl groups is 2. The normalized spacial score (nSPS) is 18.8. The number of morpholine rings is 1. The molecule has 0 radical (unpaired) electrons. The summed E-state index contributed by atoms with van der Waals surface area (Å²) in [4.78, 5) is 58.9. The predicted octanol–water partition coefficient (Wildman–Crippen LogP) is 7.25. The molecular formula is C42H44Cl3FN8O7. The zero-order valence-electron chi connectivity index (χ0n) is 32.8. The van der Waals surface area contributed by atoms with Crippen LogP contribution in [0.1, 0.15) is 33.6 Å². The Balaban J connectivity index is 0.000000184. The largest absolute Gasteiger partial charge is 0.505 e. The van der Waals surface area contributed by atoms with Crippen molar-refractivity contribution in [1.82, 2.24) is 19.6 Å². The maximum Gasteiger partial charge on any atom is 0.323 e. The lowest BCUT2D eigenvalue weighted by Gasteiger charge is -2.43. The average Bonchev–Trinajstić information content (AvgIpc) is 3.74.